The summed E-state index contributed by atoms with van der Waals surface area (Å²) in [6, 6.07) is 6.12. The average Bonchev–Trinajstić information content (AvgIpc) is 3.52. The van der Waals surface area contributed by atoms with Crippen molar-refractivity contribution in [3.05, 3.63) is 48.0 Å². The number of halogens is 4. The number of rotatable bonds is 10. The molecule has 1 amide bonds. The van der Waals surface area contributed by atoms with E-state index in [-0.39, 0.29) is 18.1 Å². The molecule has 1 atom stereocenters. The van der Waals surface area contributed by atoms with E-state index >= 15 is 0 Å². The molecule has 2 N–H and O–H groups in total. The van der Waals surface area contributed by atoms with Gasteiger partial charge in [-0.3, -0.25) is 4.79 Å². The summed E-state index contributed by atoms with van der Waals surface area (Å²) in [5, 5.41) is 1.40. The zero-order chi connectivity index (χ0) is 26.7. The predicted octanol–water partition coefficient (Wildman–Crippen LogP) is 6.07. The molecule has 202 valence electrons. The van der Waals surface area contributed by atoms with Crippen LogP contribution >= 0.6 is 23.2 Å². The Labute approximate surface area is 227 Å². The van der Waals surface area contributed by atoms with E-state index < -0.39 is 24.8 Å². The number of hydrogen-bond acceptors (Lipinski definition) is 5. The first-order valence-electron chi connectivity index (χ1n) is 12.4. The van der Waals surface area contributed by atoms with Gasteiger partial charge < -0.3 is 24.3 Å². The molecule has 4 aromatic heterocycles. The number of piperidine rings is 1. The number of H-pyrrole nitrogens is 2. The maximum atomic E-state index is 14.6. The Bertz CT molecular complexity index is 1430. The zero-order valence-electron chi connectivity index (χ0n) is 20.5. The summed E-state index contributed by atoms with van der Waals surface area (Å²) < 4.78 is 40.4. The van der Waals surface area contributed by atoms with Crippen molar-refractivity contribution in [2.24, 2.45) is 0 Å². The molecule has 4 aromatic rings. The summed E-state index contributed by atoms with van der Waals surface area (Å²) in [6.07, 6.45) is 3.61. The van der Waals surface area contributed by atoms with Gasteiger partial charge in [-0.1, -0.05) is 0 Å². The fourth-order valence-corrected chi connectivity index (χ4v) is 4.78. The molecule has 0 spiro atoms. The van der Waals surface area contributed by atoms with Gasteiger partial charge in [-0.25, -0.2) is 18.7 Å². The van der Waals surface area contributed by atoms with Crippen molar-refractivity contribution in [3.8, 4) is 11.5 Å². The van der Waals surface area contributed by atoms with Gasteiger partial charge in [0.1, 0.15) is 28.5 Å². The van der Waals surface area contributed by atoms with Crippen LogP contribution in [-0.2, 0) is 0 Å². The van der Waals surface area contributed by atoms with Crippen LogP contribution < -0.4 is 9.47 Å². The molecule has 1 fully saturated rings. The summed E-state index contributed by atoms with van der Waals surface area (Å²) in [4.78, 5) is 29.9. The van der Waals surface area contributed by atoms with E-state index in [4.69, 9.17) is 32.7 Å². The van der Waals surface area contributed by atoms with Crippen molar-refractivity contribution in [2.75, 3.05) is 31.5 Å². The van der Waals surface area contributed by atoms with Gasteiger partial charge >= 0.3 is 0 Å². The van der Waals surface area contributed by atoms with Gasteiger partial charge in [-0.15, -0.1) is 23.2 Å². The van der Waals surface area contributed by atoms with Gasteiger partial charge in [0.25, 0.3) is 11.8 Å². The zero-order valence-corrected chi connectivity index (χ0v) is 22.0. The number of amides is 1. The number of aromatic amines is 2. The predicted molar refractivity (Wildman–Crippen MR) is 142 cm³/mol. The van der Waals surface area contributed by atoms with Crippen molar-refractivity contribution in [2.45, 2.75) is 37.6 Å². The Kier molecular flexibility index (Phi) is 7.90. The number of aromatic nitrogens is 4. The van der Waals surface area contributed by atoms with Crippen LogP contribution in [0.15, 0.2) is 36.7 Å². The molecule has 1 aliphatic heterocycles. The van der Waals surface area contributed by atoms with Crippen molar-refractivity contribution >= 4 is 51.2 Å². The van der Waals surface area contributed by atoms with Crippen LogP contribution in [0.1, 0.15) is 47.9 Å². The van der Waals surface area contributed by atoms with Crippen molar-refractivity contribution in [1.29, 1.82) is 0 Å². The summed E-state index contributed by atoms with van der Waals surface area (Å²) in [5.74, 6) is -1.19. The fourth-order valence-electron chi connectivity index (χ4n) is 4.56. The lowest BCUT2D eigenvalue weighted by atomic mass is 9.95. The van der Waals surface area contributed by atoms with Crippen molar-refractivity contribution in [1.82, 2.24) is 24.8 Å². The highest BCUT2D eigenvalue weighted by molar-refractivity contribution is 6.18. The van der Waals surface area contributed by atoms with E-state index in [9.17, 15) is 13.6 Å². The summed E-state index contributed by atoms with van der Waals surface area (Å²) in [6.45, 7) is 0.810. The minimum absolute atomic E-state index is 0.0956. The maximum absolute atomic E-state index is 14.6. The first-order valence-corrected chi connectivity index (χ1v) is 13.5. The van der Waals surface area contributed by atoms with E-state index in [1.54, 1.807) is 36.7 Å². The standard InChI is InChI=1S/C26H27Cl2F2N5O3/c27-4-1-7-37-18-9-16-11-20(33-23(16)31-14-18)22-13-26(29,30)3-6-35(22)25(36)21-12-17-10-19(38-8-2-5-28)15-32-24(17)34-21/h9-12,14-15,22H,1-8,13H2,(H,31,33)(H,32,34). The smallest absolute Gasteiger partial charge is 0.270 e. The monoisotopic (exact) mass is 565 g/mol. The largest absolute Gasteiger partial charge is 0.492 e. The minimum atomic E-state index is -2.90. The number of nitrogens with zero attached hydrogens (tertiary/aromatic N) is 3. The molecule has 0 aliphatic carbocycles. The summed E-state index contributed by atoms with van der Waals surface area (Å²) >= 11 is 11.4. The Balaban J connectivity index is 1.40. The van der Waals surface area contributed by atoms with Gasteiger partial charge in [0.2, 0.25) is 0 Å². The number of ether oxygens (including phenoxy) is 2. The number of alkyl halides is 4. The third kappa shape index (κ3) is 5.81. The van der Waals surface area contributed by atoms with Crippen LogP contribution in [0.25, 0.3) is 22.1 Å². The average molecular weight is 566 g/mol. The molecular weight excluding hydrogens is 539 g/mol. The number of fused-ring (bicyclic) bond motifs is 2. The quantitative estimate of drug-likeness (QED) is 0.180. The highest BCUT2D eigenvalue weighted by Gasteiger charge is 2.43. The van der Waals surface area contributed by atoms with E-state index in [1.165, 1.54) is 4.90 Å². The third-order valence-corrected chi connectivity index (χ3v) is 6.98. The van der Waals surface area contributed by atoms with Gasteiger partial charge in [-0.05, 0) is 37.1 Å². The highest BCUT2D eigenvalue weighted by Crippen LogP contribution is 2.41. The normalized spacial score (nSPS) is 17.3. The lowest BCUT2D eigenvalue weighted by Crippen LogP contribution is -2.45. The van der Waals surface area contributed by atoms with Crippen LogP contribution in [0.3, 0.4) is 0 Å². The molecule has 38 heavy (non-hydrogen) atoms. The van der Waals surface area contributed by atoms with E-state index in [0.717, 1.165) is 0 Å². The lowest BCUT2D eigenvalue weighted by molar-refractivity contribution is -0.0714. The van der Waals surface area contributed by atoms with Gasteiger partial charge in [0.05, 0.1) is 31.6 Å². The molecule has 1 saturated heterocycles. The third-order valence-electron chi connectivity index (χ3n) is 6.44. The molecular formula is C26H27Cl2F2N5O3. The number of likely N-dealkylation sites (tertiary alicyclic amines) is 1. The molecule has 0 bridgehead atoms. The van der Waals surface area contributed by atoms with E-state index in [0.29, 0.717) is 77.1 Å². The maximum Gasteiger partial charge on any atom is 0.270 e. The Morgan fingerprint density at radius 3 is 2.21 bits per heavy atom. The molecule has 12 heteroatoms. The van der Waals surface area contributed by atoms with E-state index in [2.05, 4.69) is 19.9 Å². The number of nitrogens with one attached hydrogen (secondary N) is 2. The highest BCUT2D eigenvalue weighted by atomic mass is 35.5. The Morgan fingerprint density at radius 2 is 1.58 bits per heavy atom. The Morgan fingerprint density at radius 1 is 0.974 bits per heavy atom. The number of pyridine rings is 2. The molecule has 1 unspecified atom stereocenters. The topological polar surface area (TPSA) is 96.1 Å². The first-order chi connectivity index (χ1) is 18.4. The Hall–Kier alpha value is -3.11. The molecule has 5 heterocycles. The second-order valence-electron chi connectivity index (χ2n) is 9.23. The lowest BCUT2D eigenvalue weighted by Gasteiger charge is -2.38. The number of hydrogen-bond donors (Lipinski definition) is 2. The SMILES string of the molecule is O=C(c1cc2cc(OCCCCl)cnc2[nH]1)N1CCC(F)(F)CC1c1cc2cc(OCCCCl)cnc2[nH]1. The minimum Gasteiger partial charge on any atom is -0.492 e. The van der Waals surface area contributed by atoms with Gasteiger partial charge in [-0.2, -0.15) is 0 Å². The molecule has 0 aromatic carbocycles. The van der Waals surface area contributed by atoms with Gasteiger partial charge in [0, 0.05) is 47.6 Å². The van der Waals surface area contributed by atoms with Crippen LogP contribution in [0.4, 0.5) is 8.78 Å². The molecule has 0 saturated carbocycles. The second kappa shape index (κ2) is 11.3. The van der Waals surface area contributed by atoms with Crippen LogP contribution in [0.2, 0.25) is 0 Å². The fraction of sp³-hybridized carbons (Fsp3) is 0.423. The van der Waals surface area contributed by atoms with Crippen LogP contribution in [-0.4, -0.2) is 68.2 Å². The van der Waals surface area contributed by atoms with Gasteiger partial charge in [0.15, 0.2) is 0 Å². The van der Waals surface area contributed by atoms with E-state index in [1.807, 2.05) is 0 Å². The first kappa shape index (κ1) is 26.5. The molecule has 5 rings (SSSR count). The van der Waals surface area contributed by atoms with Crippen molar-refractivity contribution in [3.63, 3.8) is 0 Å². The van der Waals surface area contributed by atoms with Crippen LogP contribution in [0, 0.1) is 0 Å². The number of carbonyl (C=O) groups excluding carboxylic acids is 1. The molecule has 0 radical (unpaired) electrons. The van der Waals surface area contributed by atoms with Crippen LogP contribution in [0.5, 0.6) is 11.5 Å². The molecule has 8 nitrogen and oxygen atoms in total. The molecule has 1 aliphatic rings. The second-order valence-corrected chi connectivity index (χ2v) is 9.99. The van der Waals surface area contributed by atoms with Crippen molar-refractivity contribution < 1.29 is 23.0 Å². The summed E-state index contributed by atoms with van der Waals surface area (Å²) in [7, 11) is 0. The number of carbonyl (C=O) groups is 1. The summed E-state index contributed by atoms with van der Waals surface area (Å²) in [5.41, 5.74) is 1.79.